The number of aromatic nitrogens is 2. The Morgan fingerprint density at radius 1 is 1.24 bits per heavy atom. The van der Waals surface area contributed by atoms with E-state index in [0.29, 0.717) is 16.6 Å². The van der Waals surface area contributed by atoms with Crippen molar-refractivity contribution in [2.24, 2.45) is 0 Å². The molecule has 1 heterocycles. The van der Waals surface area contributed by atoms with E-state index in [1.54, 1.807) is 12.1 Å². The van der Waals surface area contributed by atoms with Gasteiger partial charge in [-0.2, -0.15) is 13.2 Å². The largest absolute Gasteiger partial charge is 0.405 e. The van der Waals surface area contributed by atoms with Gasteiger partial charge in [0.15, 0.2) is 0 Å². The summed E-state index contributed by atoms with van der Waals surface area (Å²) in [5.74, 6) is 0.125. The summed E-state index contributed by atoms with van der Waals surface area (Å²) < 4.78 is 36.3. The third-order valence-electron chi connectivity index (χ3n) is 2.12. The molecular formula is C10H9F3N4. The predicted molar refractivity (Wildman–Crippen MR) is 58.5 cm³/mol. The zero-order chi connectivity index (χ0) is 12.5. The van der Waals surface area contributed by atoms with E-state index in [1.165, 1.54) is 12.4 Å². The molecule has 0 aliphatic carbocycles. The summed E-state index contributed by atoms with van der Waals surface area (Å²) in [6.07, 6.45) is -3.09. The van der Waals surface area contributed by atoms with Crippen molar-refractivity contribution in [2.75, 3.05) is 17.6 Å². The summed E-state index contributed by atoms with van der Waals surface area (Å²) in [7, 11) is 0. The van der Waals surface area contributed by atoms with E-state index in [9.17, 15) is 13.2 Å². The first-order valence-corrected chi connectivity index (χ1v) is 4.76. The van der Waals surface area contributed by atoms with Gasteiger partial charge in [-0.05, 0) is 18.2 Å². The number of hydrogen-bond acceptors (Lipinski definition) is 4. The van der Waals surface area contributed by atoms with Gasteiger partial charge in [-0.1, -0.05) is 0 Å². The number of nitrogens with two attached hydrogens (primary N) is 1. The molecule has 4 nitrogen and oxygen atoms in total. The quantitative estimate of drug-likeness (QED) is 0.792. The number of alkyl halides is 3. The highest BCUT2D eigenvalue weighted by Crippen LogP contribution is 2.23. The zero-order valence-corrected chi connectivity index (χ0v) is 8.62. The van der Waals surface area contributed by atoms with Gasteiger partial charge in [0.05, 0.1) is 5.52 Å². The van der Waals surface area contributed by atoms with Crippen LogP contribution in [0.25, 0.3) is 10.9 Å². The van der Waals surface area contributed by atoms with Crippen LogP contribution < -0.4 is 11.1 Å². The van der Waals surface area contributed by atoms with Crippen molar-refractivity contribution in [1.29, 1.82) is 0 Å². The molecule has 0 atom stereocenters. The smallest absolute Gasteiger partial charge is 0.399 e. The van der Waals surface area contributed by atoms with Gasteiger partial charge in [0.1, 0.15) is 18.7 Å². The van der Waals surface area contributed by atoms with Crippen LogP contribution in [0.4, 0.5) is 24.7 Å². The van der Waals surface area contributed by atoms with E-state index in [0.717, 1.165) is 0 Å². The Bertz CT molecular complexity index is 539. The zero-order valence-electron chi connectivity index (χ0n) is 8.62. The van der Waals surface area contributed by atoms with E-state index < -0.39 is 12.7 Å². The van der Waals surface area contributed by atoms with E-state index in [1.807, 2.05) is 0 Å². The van der Waals surface area contributed by atoms with Crippen LogP contribution in [-0.4, -0.2) is 22.7 Å². The summed E-state index contributed by atoms with van der Waals surface area (Å²) in [5, 5.41) is 2.69. The van der Waals surface area contributed by atoms with Crippen LogP contribution in [-0.2, 0) is 0 Å². The van der Waals surface area contributed by atoms with Gasteiger partial charge in [-0.15, -0.1) is 0 Å². The summed E-state index contributed by atoms with van der Waals surface area (Å²) >= 11 is 0. The van der Waals surface area contributed by atoms with Crippen LogP contribution in [0.2, 0.25) is 0 Å². The molecule has 0 spiro atoms. The minimum absolute atomic E-state index is 0.125. The highest BCUT2D eigenvalue weighted by molar-refractivity contribution is 5.91. The average Bonchev–Trinajstić information content (AvgIpc) is 2.25. The van der Waals surface area contributed by atoms with Gasteiger partial charge in [0.25, 0.3) is 0 Å². The molecule has 0 aliphatic heterocycles. The molecule has 0 radical (unpaired) electrons. The molecule has 7 heteroatoms. The van der Waals surface area contributed by atoms with Gasteiger partial charge in [0, 0.05) is 11.1 Å². The molecule has 0 saturated heterocycles. The summed E-state index contributed by atoms with van der Waals surface area (Å²) in [6, 6.07) is 4.79. The van der Waals surface area contributed by atoms with Gasteiger partial charge < -0.3 is 11.1 Å². The lowest BCUT2D eigenvalue weighted by atomic mass is 10.2. The van der Waals surface area contributed by atoms with E-state index >= 15 is 0 Å². The molecule has 0 amide bonds. The number of nitrogens with zero attached hydrogens (tertiary/aromatic N) is 2. The van der Waals surface area contributed by atoms with Crippen molar-refractivity contribution >= 4 is 22.4 Å². The molecular weight excluding hydrogens is 233 g/mol. The molecule has 2 rings (SSSR count). The summed E-state index contributed by atoms with van der Waals surface area (Å²) in [6.45, 7) is -1.14. The molecule has 0 aliphatic rings. The fraction of sp³-hybridized carbons (Fsp3) is 0.200. The topological polar surface area (TPSA) is 63.8 Å². The molecule has 2 aromatic rings. The SMILES string of the molecule is Nc1ccc2ncnc(NCC(F)(F)F)c2c1. The highest BCUT2D eigenvalue weighted by Gasteiger charge is 2.27. The molecule has 0 fully saturated rings. The second kappa shape index (κ2) is 4.08. The monoisotopic (exact) mass is 242 g/mol. The summed E-state index contributed by atoms with van der Waals surface area (Å²) in [4.78, 5) is 7.71. The second-order valence-electron chi connectivity index (χ2n) is 3.47. The number of hydrogen-bond donors (Lipinski definition) is 2. The Hall–Kier alpha value is -2.05. The van der Waals surface area contributed by atoms with Crippen molar-refractivity contribution in [3.05, 3.63) is 24.5 Å². The Kier molecular flexibility index (Phi) is 2.74. The van der Waals surface area contributed by atoms with Crippen LogP contribution in [0.3, 0.4) is 0 Å². The first-order chi connectivity index (χ1) is 7.96. The number of nitrogens with one attached hydrogen (secondary N) is 1. The first kappa shape index (κ1) is 11.4. The third-order valence-corrected chi connectivity index (χ3v) is 2.12. The first-order valence-electron chi connectivity index (χ1n) is 4.76. The number of nitrogen functional groups attached to an aromatic ring is 1. The van der Waals surface area contributed by atoms with Gasteiger partial charge in [0.2, 0.25) is 0 Å². The third kappa shape index (κ3) is 2.74. The molecule has 0 bridgehead atoms. The molecule has 1 aromatic carbocycles. The van der Waals surface area contributed by atoms with Crippen LogP contribution in [0.15, 0.2) is 24.5 Å². The van der Waals surface area contributed by atoms with Crippen molar-refractivity contribution in [3.63, 3.8) is 0 Å². The molecule has 1 aromatic heterocycles. The lowest BCUT2D eigenvalue weighted by molar-refractivity contribution is -0.115. The normalized spacial score (nSPS) is 11.7. The van der Waals surface area contributed by atoms with Crippen molar-refractivity contribution in [1.82, 2.24) is 9.97 Å². The Balaban J connectivity index is 2.36. The molecule has 90 valence electrons. The fourth-order valence-electron chi connectivity index (χ4n) is 1.40. The number of anilines is 2. The van der Waals surface area contributed by atoms with E-state index in [4.69, 9.17) is 5.73 Å². The predicted octanol–water partition coefficient (Wildman–Crippen LogP) is 2.19. The molecule has 3 N–H and O–H groups in total. The van der Waals surface area contributed by atoms with Gasteiger partial charge in [-0.3, -0.25) is 0 Å². The minimum Gasteiger partial charge on any atom is -0.399 e. The number of halogens is 3. The maximum atomic E-state index is 12.1. The molecule has 17 heavy (non-hydrogen) atoms. The standard InChI is InChI=1S/C10H9F3N4/c11-10(12,13)4-15-9-7-3-6(14)1-2-8(7)16-5-17-9/h1-3,5H,4,14H2,(H,15,16,17). The number of benzene rings is 1. The van der Waals surface area contributed by atoms with E-state index in [2.05, 4.69) is 15.3 Å². The number of rotatable bonds is 2. The van der Waals surface area contributed by atoms with Crippen molar-refractivity contribution in [3.8, 4) is 0 Å². The van der Waals surface area contributed by atoms with Crippen LogP contribution >= 0.6 is 0 Å². The minimum atomic E-state index is -4.29. The maximum Gasteiger partial charge on any atom is 0.405 e. The van der Waals surface area contributed by atoms with Crippen LogP contribution in [0, 0.1) is 0 Å². The van der Waals surface area contributed by atoms with Crippen LogP contribution in [0.1, 0.15) is 0 Å². The van der Waals surface area contributed by atoms with Crippen molar-refractivity contribution in [2.45, 2.75) is 6.18 Å². The number of fused-ring (bicyclic) bond motifs is 1. The maximum absolute atomic E-state index is 12.1. The van der Waals surface area contributed by atoms with E-state index in [-0.39, 0.29) is 5.82 Å². The van der Waals surface area contributed by atoms with Crippen molar-refractivity contribution < 1.29 is 13.2 Å². The Morgan fingerprint density at radius 3 is 2.71 bits per heavy atom. The van der Waals surface area contributed by atoms with Gasteiger partial charge >= 0.3 is 6.18 Å². The van der Waals surface area contributed by atoms with Gasteiger partial charge in [-0.25, -0.2) is 9.97 Å². The Labute approximate surface area is 94.7 Å². The highest BCUT2D eigenvalue weighted by atomic mass is 19.4. The average molecular weight is 242 g/mol. The summed E-state index contributed by atoms with van der Waals surface area (Å²) in [5.41, 5.74) is 6.56. The van der Waals surface area contributed by atoms with Crippen LogP contribution in [0.5, 0.6) is 0 Å². The lowest BCUT2D eigenvalue weighted by Crippen LogP contribution is -2.21. The lowest BCUT2D eigenvalue weighted by Gasteiger charge is -2.10. The molecule has 0 saturated carbocycles. The Morgan fingerprint density at radius 2 is 2.00 bits per heavy atom. The molecule has 0 unspecified atom stereocenters. The fourth-order valence-corrected chi connectivity index (χ4v) is 1.40. The second-order valence-corrected chi connectivity index (χ2v) is 3.47.